The molecule has 6 heteroatoms. The Kier molecular flexibility index (Phi) is 4.94. The first-order valence-corrected chi connectivity index (χ1v) is 10.8. The fourth-order valence-electron chi connectivity index (χ4n) is 3.72. The number of nitrogens with one attached hydrogen (secondary N) is 2. The highest BCUT2D eigenvalue weighted by Crippen LogP contribution is 2.37. The van der Waals surface area contributed by atoms with Crippen LogP contribution in [0.25, 0.3) is 15.9 Å². The second-order valence-corrected chi connectivity index (χ2v) is 8.47. The number of thiophene rings is 1. The van der Waals surface area contributed by atoms with Crippen molar-refractivity contribution >= 4 is 32.3 Å². The lowest BCUT2D eigenvalue weighted by Gasteiger charge is -2.27. The number of hydrogen-bond acceptors (Lipinski definition) is 5. The fourth-order valence-corrected chi connectivity index (χ4v) is 4.94. The average Bonchev–Trinajstić information content (AvgIpc) is 3.11. The maximum atomic E-state index is 13.5. The van der Waals surface area contributed by atoms with Crippen LogP contribution in [0.4, 0.5) is 5.00 Å². The number of nitrogens with zero attached hydrogens (tertiary/aromatic N) is 1. The third-order valence-electron chi connectivity index (χ3n) is 5.44. The van der Waals surface area contributed by atoms with Gasteiger partial charge in [-0.25, -0.2) is 0 Å². The van der Waals surface area contributed by atoms with E-state index >= 15 is 0 Å². The Labute approximate surface area is 178 Å². The first kappa shape index (κ1) is 18.8. The fraction of sp³-hybridized carbons (Fsp3) is 0.167. The number of rotatable bonds is 6. The molecule has 30 heavy (non-hydrogen) atoms. The number of anilines is 1. The summed E-state index contributed by atoms with van der Waals surface area (Å²) < 4.78 is 1.69. The van der Waals surface area contributed by atoms with Gasteiger partial charge in [-0.2, -0.15) is 0 Å². The molecule has 5 nitrogen and oxygen atoms in total. The van der Waals surface area contributed by atoms with Crippen molar-refractivity contribution in [3.63, 3.8) is 0 Å². The monoisotopic (exact) mass is 415 g/mol. The molecule has 0 spiro atoms. The molecular weight excluding hydrogens is 394 g/mol. The van der Waals surface area contributed by atoms with Crippen LogP contribution in [0.2, 0.25) is 0 Å². The molecule has 0 bridgehead atoms. The van der Waals surface area contributed by atoms with Crippen LogP contribution in [0.15, 0.2) is 77.6 Å². The number of aromatic nitrogens is 1. The van der Waals surface area contributed by atoms with E-state index in [4.69, 9.17) is 0 Å². The van der Waals surface area contributed by atoms with Crippen LogP contribution >= 0.6 is 11.3 Å². The molecular formula is C24H21N3O2S. The van der Waals surface area contributed by atoms with Crippen LogP contribution in [-0.4, -0.2) is 30.0 Å². The van der Waals surface area contributed by atoms with E-state index in [-0.39, 0.29) is 11.3 Å². The Balaban J connectivity index is 1.69. The summed E-state index contributed by atoms with van der Waals surface area (Å²) >= 11 is 1.47. The summed E-state index contributed by atoms with van der Waals surface area (Å²) in [5.74, 6) is 0.514. The zero-order valence-corrected chi connectivity index (χ0v) is 17.1. The van der Waals surface area contributed by atoms with E-state index in [2.05, 4.69) is 10.6 Å². The van der Waals surface area contributed by atoms with Crippen molar-refractivity contribution in [2.45, 2.75) is 0 Å². The molecule has 1 fully saturated rings. The summed E-state index contributed by atoms with van der Waals surface area (Å²) in [6.07, 6.45) is 0. The normalized spacial score (nSPS) is 13.9. The van der Waals surface area contributed by atoms with Gasteiger partial charge in [0.25, 0.3) is 5.56 Å². The zero-order valence-electron chi connectivity index (χ0n) is 16.3. The molecule has 5 rings (SSSR count). The number of pyridine rings is 1. The number of carbonyl (C=O) groups is 1. The van der Waals surface area contributed by atoms with Gasteiger partial charge in [-0.1, -0.05) is 59.9 Å². The number of benzene rings is 2. The topological polar surface area (TPSA) is 63.1 Å². The smallest absolute Gasteiger partial charge is 0.256 e. The second-order valence-electron chi connectivity index (χ2n) is 7.47. The quantitative estimate of drug-likeness (QED) is 0.469. The molecule has 0 saturated carbocycles. The average molecular weight is 416 g/mol. The highest BCUT2D eigenvalue weighted by atomic mass is 32.1. The molecule has 0 amide bonds. The highest BCUT2D eigenvalue weighted by molar-refractivity contribution is 7.23. The Morgan fingerprint density at radius 2 is 1.70 bits per heavy atom. The molecule has 0 atom stereocenters. The van der Waals surface area contributed by atoms with Crippen molar-refractivity contribution in [3.8, 4) is 5.69 Å². The van der Waals surface area contributed by atoms with E-state index in [0.29, 0.717) is 17.0 Å². The molecule has 1 saturated heterocycles. The molecule has 1 aliphatic rings. The molecule has 4 aromatic rings. The van der Waals surface area contributed by atoms with E-state index in [0.717, 1.165) is 40.5 Å². The lowest BCUT2D eigenvalue weighted by molar-refractivity contribution is 0.104. The maximum Gasteiger partial charge on any atom is 0.256 e. The van der Waals surface area contributed by atoms with Crippen LogP contribution in [0.5, 0.6) is 0 Å². The van der Waals surface area contributed by atoms with E-state index in [1.807, 2.05) is 60.7 Å². The van der Waals surface area contributed by atoms with Crippen LogP contribution < -0.4 is 16.2 Å². The van der Waals surface area contributed by atoms with Crippen molar-refractivity contribution in [2.75, 3.05) is 25.0 Å². The van der Waals surface area contributed by atoms with E-state index in [9.17, 15) is 9.59 Å². The van der Waals surface area contributed by atoms with Gasteiger partial charge in [-0.15, -0.1) is 0 Å². The Morgan fingerprint density at radius 1 is 1.00 bits per heavy atom. The van der Waals surface area contributed by atoms with Gasteiger partial charge in [0.15, 0.2) is 5.78 Å². The maximum absolute atomic E-state index is 13.5. The molecule has 0 radical (unpaired) electrons. The molecule has 2 aromatic carbocycles. The Morgan fingerprint density at radius 3 is 2.37 bits per heavy atom. The summed E-state index contributed by atoms with van der Waals surface area (Å²) in [7, 11) is 0. The first-order chi connectivity index (χ1) is 14.7. The van der Waals surface area contributed by atoms with Crippen molar-refractivity contribution in [3.05, 3.63) is 94.3 Å². The van der Waals surface area contributed by atoms with Crippen molar-refractivity contribution in [1.82, 2.24) is 9.88 Å². The minimum Gasteiger partial charge on any atom is -0.376 e. The summed E-state index contributed by atoms with van der Waals surface area (Å²) in [6.45, 7) is 2.76. The summed E-state index contributed by atoms with van der Waals surface area (Å²) in [4.78, 5) is 27.0. The van der Waals surface area contributed by atoms with Crippen molar-refractivity contribution in [1.29, 1.82) is 0 Å². The second kappa shape index (κ2) is 7.89. The Hall–Kier alpha value is -3.22. The molecule has 0 unspecified atom stereocenters. The summed E-state index contributed by atoms with van der Waals surface area (Å²) in [6, 6.07) is 22.2. The van der Waals surface area contributed by atoms with Crippen molar-refractivity contribution < 1.29 is 4.79 Å². The standard InChI is InChI=1S/C24H21N3O2S/c28-20-12-11-19-21(22(29)17-7-3-1-4-8-17)23(26-15-16-13-25-14-16)30-24(19)27(20)18-9-5-2-6-10-18/h1-12,16,25-26H,13-15H2. The summed E-state index contributed by atoms with van der Waals surface area (Å²) in [5, 5.41) is 8.39. The van der Waals surface area contributed by atoms with Gasteiger partial charge in [-0.3, -0.25) is 14.2 Å². The minimum absolute atomic E-state index is 0.0330. The lowest BCUT2D eigenvalue weighted by Crippen LogP contribution is -2.45. The molecule has 0 aliphatic carbocycles. The zero-order chi connectivity index (χ0) is 20.5. The third kappa shape index (κ3) is 3.34. The van der Waals surface area contributed by atoms with Gasteiger partial charge in [0.1, 0.15) is 9.83 Å². The SMILES string of the molecule is O=C(c1ccccc1)c1c(NCC2CNC2)sc2c1ccc(=O)n2-c1ccccc1. The molecule has 1 aliphatic heterocycles. The number of ketones is 1. The van der Waals surface area contributed by atoms with Crippen molar-refractivity contribution in [2.24, 2.45) is 5.92 Å². The number of para-hydroxylation sites is 1. The predicted molar refractivity (Wildman–Crippen MR) is 122 cm³/mol. The van der Waals surface area contributed by atoms with Crippen LogP contribution in [0, 0.1) is 5.92 Å². The van der Waals surface area contributed by atoms with Crippen LogP contribution in [0.3, 0.4) is 0 Å². The number of carbonyl (C=O) groups excluding carboxylic acids is 1. The highest BCUT2D eigenvalue weighted by Gasteiger charge is 2.24. The number of fused-ring (bicyclic) bond motifs is 1. The number of hydrogen-bond donors (Lipinski definition) is 2. The summed E-state index contributed by atoms with van der Waals surface area (Å²) in [5.41, 5.74) is 1.97. The third-order valence-corrected chi connectivity index (χ3v) is 6.58. The molecule has 2 N–H and O–H groups in total. The molecule has 150 valence electrons. The van der Waals surface area contributed by atoms with E-state index in [1.165, 1.54) is 11.3 Å². The lowest BCUT2D eigenvalue weighted by atomic mass is 10.0. The van der Waals surface area contributed by atoms with Gasteiger partial charge in [0, 0.05) is 42.6 Å². The minimum atomic E-state index is -0.108. The van der Waals surface area contributed by atoms with E-state index in [1.54, 1.807) is 16.7 Å². The Bertz CT molecular complexity index is 1260. The van der Waals surface area contributed by atoms with Gasteiger partial charge < -0.3 is 10.6 Å². The predicted octanol–water partition coefficient (Wildman–Crippen LogP) is 3.91. The van der Waals surface area contributed by atoms with E-state index < -0.39 is 0 Å². The molecule has 3 heterocycles. The van der Waals surface area contributed by atoms with Crippen LogP contribution in [-0.2, 0) is 0 Å². The molecule has 2 aromatic heterocycles. The van der Waals surface area contributed by atoms with Gasteiger partial charge in [-0.05, 0) is 18.2 Å². The van der Waals surface area contributed by atoms with Gasteiger partial charge in [0.2, 0.25) is 0 Å². The van der Waals surface area contributed by atoms with Gasteiger partial charge in [0.05, 0.1) is 11.3 Å². The van der Waals surface area contributed by atoms with Crippen LogP contribution in [0.1, 0.15) is 15.9 Å². The largest absolute Gasteiger partial charge is 0.376 e. The van der Waals surface area contributed by atoms with Gasteiger partial charge >= 0.3 is 0 Å². The first-order valence-electron chi connectivity index (χ1n) is 10.0.